The highest BCUT2D eigenvalue weighted by Crippen LogP contribution is 2.36. The monoisotopic (exact) mass is 268 g/mol. The van der Waals surface area contributed by atoms with Gasteiger partial charge >= 0.3 is 0 Å². The summed E-state index contributed by atoms with van der Waals surface area (Å²) in [6.07, 6.45) is 1.45. The van der Waals surface area contributed by atoms with E-state index >= 15 is 0 Å². The summed E-state index contributed by atoms with van der Waals surface area (Å²) >= 11 is 7.50. The fourth-order valence-corrected chi connectivity index (χ4v) is 3.41. The van der Waals surface area contributed by atoms with Crippen molar-refractivity contribution < 1.29 is 5.11 Å². The Kier molecular flexibility index (Phi) is 2.83. The smallest absolute Gasteiger partial charge is 0.126 e. The number of hydrogen-bond donors (Lipinski definition) is 2. The van der Waals surface area contributed by atoms with Gasteiger partial charge in [-0.15, -0.1) is 11.3 Å². The second-order valence-corrected chi connectivity index (χ2v) is 5.88. The van der Waals surface area contributed by atoms with Crippen LogP contribution < -0.4 is 5.32 Å². The number of piperidine rings is 1. The predicted molar refractivity (Wildman–Crippen MR) is 70.6 cm³/mol. The van der Waals surface area contributed by atoms with E-state index in [1.54, 1.807) is 11.3 Å². The van der Waals surface area contributed by atoms with Gasteiger partial charge in [-0.2, -0.15) is 0 Å². The van der Waals surface area contributed by atoms with Crippen LogP contribution in [-0.4, -0.2) is 23.2 Å². The van der Waals surface area contributed by atoms with Crippen LogP contribution in [0.2, 0.25) is 5.02 Å². The fourth-order valence-electron chi connectivity index (χ4n) is 2.15. The molecule has 2 N–H and O–H groups in total. The van der Waals surface area contributed by atoms with E-state index in [2.05, 4.69) is 10.3 Å². The molecule has 1 aliphatic heterocycles. The quantitative estimate of drug-likeness (QED) is 0.835. The lowest BCUT2D eigenvalue weighted by atomic mass is 9.93. The average molecular weight is 269 g/mol. The van der Waals surface area contributed by atoms with Gasteiger partial charge in [-0.05, 0) is 44.1 Å². The second-order valence-electron chi connectivity index (χ2n) is 4.41. The number of aromatic nitrogens is 1. The van der Waals surface area contributed by atoms with Crippen molar-refractivity contribution in [3.63, 3.8) is 0 Å². The Bertz CT molecular complexity index is 548. The molecule has 3 nitrogen and oxygen atoms in total. The van der Waals surface area contributed by atoms with Gasteiger partial charge in [0.2, 0.25) is 0 Å². The van der Waals surface area contributed by atoms with Crippen LogP contribution >= 0.6 is 22.9 Å². The van der Waals surface area contributed by atoms with E-state index in [0.717, 1.165) is 41.2 Å². The highest BCUT2D eigenvalue weighted by Gasteiger charge is 2.34. The van der Waals surface area contributed by atoms with Crippen LogP contribution in [0, 0.1) is 0 Å². The minimum atomic E-state index is -0.762. The summed E-state index contributed by atoms with van der Waals surface area (Å²) in [6.45, 7) is 1.68. The zero-order chi connectivity index (χ0) is 11.9. The first-order valence-corrected chi connectivity index (χ1v) is 6.86. The molecular formula is C12H13ClN2OS. The lowest BCUT2D eigenvalue weighted by Crippen LogP contribution is -2.39. The molecule has 0 bridgehead atoms. The van der Waals surface area contributed by atoms with Crippen molar-refractivity contribution in [2.45, 2.75) is 18.4 Å². The van der Waals surface area contributed by atoms with Crippen LogP contribution in [0.3, 0.4) is 0 Å². The molecule has 0 spiro atoms. The van der Waals surface area contributed by atoms with Gasteiger partial charge in [0.1, 0.15) is 10.6 Å². The molecule has 1 saturated heterocycles. The van der Waals surface area contributed by atoms with Crippen LogP contribution in [-0.2, 0) is 5.60 Å². The normalized spacial score (nSPS) is 19.6. The van der Waals surface area contributed by atoms with Gasteiger partial charge in [-0.3, -0.25) is 0 Å². The number of thiazole rings is 1. The molecule has 0 atom stereocenters. The molecule has 0 amide bonds. The van der Waals surface area contributed by atoms with Crippen LogP contribution in [0.15, 0.2) is 18.2 Å². The molecule has 0 saturated carbocycles. The second kappa shape index (κ2) is 4.21. The van der Waals surface area contributed by atoms with Crippen molar-refractivity contribution in [1.29, 1.82) is 0 Å². The summed E-state index contributed by atoms with van der Waals surface area (Å²) in [5, 5.41) is 15.3. The van der Waals surface area contributed by atoms with Crippen molar-refractivity contribution >= 4 is 33.2 Å². The zero-order valence-electron chi connectivity index (χ0n) is 9.24. The van der Waals surface area contributed by atoms with Crippen molar-refractivity contribution in [2.75, 3.05) is 13.1 Å². The molecule has 0 aliphatic carbocycles. The zero-order valence-corrected chi connectivity index (χ0v) is 10.8. The summed E-state index contributed by atoms with van der Waals surface area (Å²) < 4.78 is 1.08. The molecule has 90 valence electrons. The largest absolute Gasteiger partial charge is 0.383 e. The van der Waals surface area contributed by atoms with Crippen molar-refractivity contribution in [2.24, 2.45) is 0 Å². The summed E-state index contributed by atoms with van der Waals surface area (Å²) in [5.41, 5.74) is 0.117. The highest BCUT2D eigenvalue weighted by atomic mass is 35.5. The Hall–Kier alpha value is -0.680. The molecule has 1 aliphatic rings. The van der Waals surface area contributed by atoms with Crippen LogP contribution in [0.25, 0.3) is 10.2 Å². The maximum absolute atomic E-state index is 10.6. The predicted octanol–water partition coefficient (Wildman–Crippen LogP) is 2.52. The third-order valence-corrected chi connectivity index (χ3v) is 4.64. The van der Waals surface area contributed by atoms with Crippen LogP contribution in [0.5, 0.6) is 0 Å². The topological polar surface area (TPSA) is 45.2 Å². The van der Waals surface area contributed by atoms with Gasteiger partial charge in [0.25, 0.3) is 0 Å². The number of nitrogens with zero attached hydrogens (tertiary/aromatic N) is 1. The minimum absolute atomic E-state index is 0.687. The van der Waals surface area contributed by atoms with E-state index in [9.17, 15) is 5.11 Å². The third kappa shape index (κ3) is 2.06. The molecule has 0 radical (unpaired) electrons. The third-order valence-electron chi connectivity index (χ3n) is 3.18. The highest BCUT2D eigenvalue weighted by molar-refractivity contribution is 7.18. The van der Waals surface area contributed by atoms with Gasteiger partial charge < -0.3 is 10.4 Å². The van der Waals surface area contributed by atoms with Crippen LogP contribution in [0.1, 0.15) is 17.8 Å². The average Bonchev–Trinajstić information content (AvgIpc) is 2.73. The molecule has 2 aromatic rings. The standard InChI is InChI=1S/C12H13ClN2OS/c13-8-1-2-10-9(7-8)15-11(17-10)12(16)3-5-14-6-4-12/h1-2,7,14,16H,3-6H2. The maximum atomic E-state index is 10.6. The van der Waals surface area contributed by atoms with E-state index in [-0.39, 0.29) is 0 Å². The van der Waals surface area contributed by atoms with E-state index in [1.165, 1.54) is 0 Å². The fraction of sp³-hybridized carbons (Fsp3) is 0.417. The number of fused-ring (bicyclic) bond motifs is 1. The lowest BCUT2D eigenvalue weighted by Gasteiger charge is -2.30. The molecule has 1 aromatic carbocycles. The lowest BCUT2D eigenvalue weighted by molar-refractivity contribution is 0.00593. The number of nitrogens with one attached hydrogen (secondary N) is 1. The van der Waals surface area contributed by atoms with Crippen molar-refractivity contribution in [3.05, 3.63) is 28.2 Å². The molecule has 2 heterocycles. The Morgan fingerprint density at radius 3 is 2.88 bits per heavy atom. The van der Waals surface area contributed by atoms with Gasteiger partial charge in [-0.1, -0.05) is 11.6 Å². The number of benzene rings is 1. The first-order valence-electron chi connectivity index (χ1n) is 5.67. The van der Waals surface area contributed by atoms with Crippen molar-refractivity contribution in [3.8, 4) is 0 Å². The molecule has 0 unspecified atom stereocenters. The SMILES string of the molecule is OC1(c2nc3cc(Cl)ccc3s2)CCNCC1. The summed E-state index contributed by atoms with van der Waals surface area (Å²) in [4.78, 5) is 4.53. The van der Waals surface area contributed by atoms with E-state index in [0.29, 0.717) is 5.02 Å². The molecule has 3 rings (SSSR count). The molecule has 1 aromatic heterocycles. The number of rotatable bonds is 1. The summed E-state index contributed by atoms with van der Waals surface area (Å²) in [7, 11) is 0. The van der Waals surface area contributed by atoms with Crippen molar-refractivity contribution in [1.82, 2.24) is 10.3 Å². The number of hydrogen-bond acceptors (Lipinski definition) is 4. The van der Waals surface area contributed by atoms with Gasteiger partial charge in [-0.25, -0.2) is 4.98 Å². The van der Waals surface area contributed by atoms with E-state index < -0.39 is 5.60 Å². The number of aliphatic hydroxyl groups is 1. The molecule has 5 heteroatoms. The Labute approximate surface area is 108 Å². The molecule has 1 fully saturated rings. The molecular weight excluding hydrogens is 256 g/mol. The molecule has 17 heavy (non-hydrogen) atoms. The van der Waals surface area contributed by atoms with Crippen LogP contribution in [0.4, 0.5) is 0 Å². The van der Waals surface area contributed by atoms with Gasteiger partial charge in [0, 0.05) is 5.02 Å². The summed E-state index contributed by atoms with van der Waals surface area (Å²) in [6, 6.07) is 5.67. The van der Waals surface area contributed by atoms with Gasteiger partial charge in [0.15, 0.2) is 0 Å². The minimum Gasteiger partial charge on any atom is -0.383 e. The van der Waals surface area contributed by atoms with Gasteiger partial charge in [0.05, 0.1) is 10.2 Å². The Morgan fingerprint density at radius 1 is 1.35 bits per heavy atom. The Balaban J connectivity index is 2.05. The van der Waals surface area contributed by atoms with E-state index in [1.807, 2.05) is 18.2 Å². The Morgan fingerprint density at radius 2 is 2.12 bits per heavy atom. The van der Waals surface area contributed by atoms with E-state index in [4.69, 9.17) is 11.6 Å². The number of halogens is 1. The summed E-state index contributed by atoms with van der Waals surface area (Å²) in [5.74, 6) is 0. The first kappa shape index (κ1) is 11.4. The maximum Gasteiger partial charge on any atom is 0.126 e. The first-order chi connectivity index (χ1) is 8.17.